The Labute approximate surface area is 115 Å². The Hall–Kier alpha value is -1.37. The van der Waals surface area contributed by atoms with E-state index in [1.807, 2.05) is 6.92 Å². The highest BCUT2D eigenvalue weighted by molar-refractivity contribution is 5.38. The summed E-state index contributed by atoms with van der Waals surface area (Å²) in [5.41, 5.74) is 0.859. The molecule has 2 fully saturated rings. The smallest absolute Gasteiger partial charge is 0.355 e. The standard InChI is InChI=1S/C13H17F3N4/c1-9-2-17-3-12(18-9)20-6-10-4-19(5-11(10)7-20)8-13(14,15)16/h2-3,10-11H,4-8H2,1H3. The number of aromatic nitrogens is 2. The van der Waals surface area contributed by atoms with Crippen molar-refractivity contribution in [3.8, 4) is 0 Å². The second-order valence-corrected chi connectivity index (χ2v) is 5.75. The van der Waals surface area contributed by atoms with E-state index in [1.165, 1.54) is 4.90 Å². The van der Waals surface area contributed by atoms with Crippen molar-refractivity contribution in [3.63, 3.8) is 0 Å². The van der Waals surface area contributed by atoms with Crippen LogP contribution in [-0.4, -0.2) is 53.8 Å². The van der Waals surface area contributed by atoms with Crippen molar-refractivity contribution >= 4 is 5.82 Å². The predicted molar refractivity (Wildman–Crippen MR) is 68.5 cm³/mol. The Morgan fingerprint density at radius 1 is 1.15 bits per heavy atom. The van der Waals surface area contributed by atoms with Crippen molar-refractivity contribution in [2.45, 2.75) is 13.1 Å². The van der Waals surface area contributed by atoms with Crippen molar-refractivity contribution < 1.29 is 13.2 Å². The average Bonchev–Trinajstić information content (AvgIpc) is 2.84. The minimum atomic E-state index is -4.10. The maximum absolute atomic E-state index is 12.4. The molecule has 1 aromatic rings. The molecule has 2 saturated heterocycles. The lowest BCUT2D eigenvalue weighted by Gasteiger charge is -2.22. The lowest BCUT2D eigenvalue weighted by molar-refractivity contribution is -0.144. The Kier molecular flexibility index (Phi) is 3.32. The zero-order chi connectivity index (χ0) is 14.3. The van der Waals surface area contributed by atoms with E-state index in [0.29, 0.717) is 24.9 Å². The molecule has 1 aromatic heterocycles. The third-order valence-electron chi connectivity index (χ3n) is 4.03. The summed E-state index contributed by atoms with van der Waals surface area (Å²) in [6.07, 6.45) is -0.673. The minimum absolute atomic E-state index is 0.305. The van der Waals surface area contributed by atoms with Gasteiger partial charge in [0.05, 0.1) is 18.4 Å². The van der Waals surface area contributed by atoms with E-state index in [2.05, 4.69) is 14.9 Å². The predicted octanol–water partition coefficient (Wildman–Crippen LogP) is 1.72. The molecule has 2 aliphatic rings. The Balaban J connectivity index is 1.61. The summed E-state index contributed by atoms with van der Waals surface area (Å²) in [6, 6.07) is 0. The monoisotopic (exact) mass is 286 g/mol. The van der Waals surface area contributed by atoms with Gasteiger partial charge in [-0.25, -0.2) is 4.98 Å². The summed E-state index contributed by atoms with van der Waals surface area (Å²) in [7, 11) is 0. The van der Waals surface area contributed by atoms with Gasteiger partial charge in [-0.3, -0.25) is 9.88 Å². The first kappa shape index (κ1) is 13.6. The molecule has 0 N–H and O–H groups in total. The molecule has 2 atom stereocenters. The Bertz CT molecular complexity index is 477. The van der Waals surface area contributed by atoms with E-state index in [-0.39, 0.29) is 0 Å². The fourth-order valence-corrected chi connectivity index (χ4v) is 3.26. The van der Waals surface area contributed by atoms with Crippen LogP contribution in [0.5, 0.6) is 0 Å². The highest BCUT2D eigenvalue weighted by Gasteiger charge is 2.43. The Morgan fingerprint density at radius 2 is 1.80 bits per heavy atom. The zero-order valence-corrected chi connectivity index (χ0v) is 11.3. The number of fused-ring (bicyclic) bond motifs is 1. The number of rotatable bonds is 2. The molecule has 110 valence electrons. The molecule has 0 bridgehead atoms. The summed E-state index contributed by atoms with van der Waals surface area (Å²) in [5.74, 6) is 1.45. The first-order chi connectivity index (χ1) is 9.40. The number of likely N-dealkylation sites (tertiary alicyclic amines) is 1. The number of alkyl halides is 3. The molecule has 20 heavy (non-hydrogen) atoms. The van der Waals surface area contributed by atoms with Gasteiger partial charge in [-0.1, -0.05) is 0 Å². The molecule has 7 heteroatoms. The highest BCUT2D eigenvalue weighted by Crippen LogP contribution is 2.34. The summed E-state index contributed by atoms with van der Waals surface area (Å²) in [4.78, 5) is 12.2. The van der Waals surface area contributed by atoms with E-state index in [1.54, 1.807) is 12.4 Å². The van der Waals surface area contributed by atoms with Gasteiger partial charge in [0.2, 0.25) is 0 Å². The van der Waals surface area contributed by atoms with Crippen LogP contribution in [-0.2, 0) is 0 Å². The molecule has 2 unspecified atom stereocenters. The normalized spacial score (nSPS) is 27.1. The van der Waals surface area contributed by atoms with E-state index >= 15 is 0 Å². The highest BCUT2D eigenvalue weighted by atomic mass is 19.4. The lowest BCUT2D eigenvalue weighted by atomic mass is 10.0. The van der Waals surface area contributed by atoms with Gasteiger partial charge >= 0.3 is 6.18 Å². The quantitative estimate of drug-likeness (QED) is 0.828. The summed E-state index contributed by atoms with van der Waals surface area (Å²) >= 11 is 0. The van der Waals surface area contributed by atoms with Crippen LogP contribution in [0.3, 0.4) is 0 Å². The summed E-state index contributed by atoms with van der Waals surface area (Å²) in [6.45, 7) is 3.71. The molecule has 0 radical (unpaired) electrons. The molecule has 0 aromatic carbocycles. The molecule has 0 saturated carbocycles. The van der Waals surface area contributed by atoms with E-state index < -0.39 is 12.7 Å². The number of aryl methyl sites for hydroxylation is 1. The summed E-state index contributed by atoms with van der Waals surface area (Å²) in [5, 5.41) is 0. The average molecular weight is 286 g/mol. The van der Waals surface area contributed by atoms with Crippen LogP contribution in [0.25, 0.3) is 0 Å². The topological polar surface area (TPSA) is 32.3 Å². The zero-order valence-electron chi connectivity index (χ0n) is 11.3. The van der Waals surface area contributed by atoms with Crippen molar-refractivity contribution in [1.82, 2.24) is 14.9 Å². The first-order valence-corrected chi connectivity index (χ1v) is 6.73. The number of hydrogen-bond acceptors (Lipinski definition) is 4. The van der Waals surface area contributed by atoms with Gasteiger partial charge in [-0.05, 0) is 18.8 Å². The van der Waals surface area contributed by atoms with Gasteiger partial charge in [-0.2, -0.15) is 13.2 Å². The fraction of sp³-hybridized carbons (Fsp3) is 0.692. The molecule has 3 rings (SSSR count). The number of anilines is 1. The molecular weight excluding hydrogens is 269 g/mol. The second-order valence-electron chi connectivity index (χ2n) is 5.75. The van der Waals surface area contributed by atoms with Crippen LogP contribution in [0.2, 0.25) is 0 Å². The van der Waals surface area contributed by atoms with Crippen LogP contribution in [0.4, 0.5) is 19.0 Å². The van der Waals surface area contributed by atoms with Crippen LogP contribution in [0.15, 0.2) is 12.4 Å². The van der Waals surface area contributed by atoms with E-state index in [9.17, 15) is 13.2 Å². The van der Waals surface area contributed by atoms with Gasteiger partial charge in [0.25, 0.3) is 0 Å². The van der Waals surface area contributed by atoms with Crippen LogP contribution < -0.4 is 4.90 Å². The van der Waals surface area contributed by atoms with Gasteiger partial charge in [0.1, 0.15) is 5.82 Å². The lowest BCUT2D eigenvalue weighted by Crippen LogP contribution is -2.35. The third-order valence-corrected chi connectivity index (χ3v) is 4.03. The molecule has 0 spiro atoms. The van der Waals surface area contributed by atoms with Crippen molar-refractivity contribution in [2.75, 3.05) is 37.6 Å². The maximum atomic E-state index is 12.4. The van der Waals surface area contributed by atoms with Gasteiger partial charge in [-0.15, -0.1) is 0 Å². The molecular formula is C13H17F3N4. The largest absolute Gasteiger partial charge is 0.401 e. The molecule has 2 aliphatic heterocycles. The minimum Gasteiger partial charge on any atom is -0.355 e. The van der Waals surface area contributed by atoms with Crippen molar-refractivity contribution in [3.05, 3.63) is 18.1 Å². The van der Waals surface area contributed by atoms with Crippen molar-refractivity contribution in [2.24, 2.45) is 11.8 Å². The van der Waals surface area contributed by atoms with Crippen LogP contribution in [0, 0.1) is 18.8 Å². The van der Waals surface area contributed by atoms with E-state index in [0.717, 1.165) is 24.6 Å². The van der Waals surface area contributed by atoms with Gasteiger partial charge in [0.15, 0.2) is 0 Å². The molecule has 0 aliphatic carbocycles. The van der Waals surface area contributed by atoms with Crippen molar-refractivity contribution in [1.29, 1.82) is 0 Å². The fourth-order valence-electron chi connectivity index (χ4n) is 3.26. The number of hydrogen-bond donors (Lipinski definition) is 0. The molecule has 4 nitrogen and oxygen atoms in total. The Morgan fingerprint density at radius 3 is 2.35 bits per heavy atom. The third kappa shape index (κ3) is 2.87. The first-order valence-electron chi connectivity index (χ1n) is 6.73. The SMILES string of the molecule is Cc1cncc(N2CC3CN(CC(F)(F)F)CC3C2)n1. The second kappa shape index (κ2) is 4.87. The van der Waals surface area contributed by atoms with Gasteiger partial charge in [0, 0.05) is 32.4 Å². The molecule has 0 amide bonds. The van der Waals surface area contributed by atoms with Gasteiger partial charge < -0.3 is 4.90 Å². The van der Waals surface area contributed by atoms with E-state index in [4.69, 9.17) is 0 Å². The van der Waals surface area contributed by atoms with Crippen LogP contribution >= 0.6 is 0 Å². The molecule has 3 heterocycles. The number of halogens is 3. The van der Waals surface area contributed by atoms with Crippen LogP contribution in [0.1, 0.15) is 5.69 Å². The maximum Gasteiger partial charge on any atom is 0.401 e. The number of nitrogens with zero attached hydrogens (tertiary/aromatic N) is 4. The summed E-state index contributed by atoms with van der Waals surface area (Å²) < 4.78 is 37.2.